The van der Waals surface area contributed by atoms with Crippen molar-refractivity contribution in [1.29, 1.82) is 0 Å². The second kappa shape index (κ2) is 11.8. The normalized spacial score (nSPS) is 16.7. The molecule has 160 valence electrons. The molecule has 0 aromatic rings. The molecule has 0 rings (SSSR count). The Hall–Kier alpha value is 0. The van der Waals surface area contributed by atoms with Crippen LogP contribution in [0.5, 0.6) is 0 Å². The molecule has 3 atom stereocenters. The largest absolute Gasteiger partial charge is 0.0625 e. The Morgan fingerprint density at radius 2 is 0.808 bits per heavy atom. The molecular weight excluding hydrogens is 312 g/mol. The Labute approximate surface area is 169 Å². The first kappa shape index (κ1) is 28.2. The summed E-state index contributed by atoms with van der Waals surface area (Å²) in [5.41, 5.74) is 0.962. The van der Waals surface area contributed by atoms with Gasteiger partial charge in [-0.25, -0.2) is 0 Å². The summed E-state index contributed by atoms with van der Waals surface area (Å²) in [6.07, 6.45) is 2.69. The molecule has 0 aliphatic heterocycles. The van der Waals surface area contributed by atoms with E-state index >= 15 is 0 Å². The molecule has 3 unspecified atom stereocenters. The molecular formula is C26H56. The van der Waals surface area contributed by atoms with Crippen molar-refractivity contribution in [3.05, 3.63) is 0 Å². The van der Waals surface area contributed by atoms with Crippen LogP contribution < -0.4 is 0 Å². The molecule has 0 amide bonds. The molecule has 0 aromatic carbocycles. The Morgan fingerprint density at radius 3 is 1.00 bits per heavy atom. The minimum Gasteiger partial charge on any atom is -0.0625 e. The fraction of sp³-hybridized carbons (Fsp3) is 1.00. The molecule has 0 N–H and O–H groups in total. The third-order valence-corrected chi connectivity index (χ3v) is 6.27. The van der Waals surface area contributed by atoms with E-state index in [1.807, 2.05) is 0 Å². The van der Waals surface area contributed by atoms with Gasteiger partial charge in [0, 0.05) is 0 Å². The van der Waals surface area contributed by atoms with E-state index in [4.69, 9.17) is 0 Å². The van der Waals surface area contributed by atoms with Crippen LogP contribution in [0.2, 0.25) is 0 Å². The minimum absolute atomic E-state index is 0.477. The van der Waals surface area contributed by atoms with Crippen molar-refractivity contribution in [2.75, 3.05) is 0 Å². The fourth-order valence-electron chi connectivity index (χ4n) is 4.23. The van der Waals surface area contributed by atoms with Crippen molar-refractivity contribution in [3.63, 3.8) is 0 Å². The second-order valence-corrected chi connectivity index (χ2v) is 12.6. The molecule has 0 nitrogen and oxygen atoms in total. The quantitative estimate of drug-likeness (QED) is 0.420. The molecule has 0 saturated carbocycles. The molecule has 0 aliphatic rings. The van der Waals surface area contributed by atoms with Gasteiger partial charge in [-0.05, 0) is 65.1 Å². The molecule has 0 radical (unpaired) electrons. The van der Waals surface area contributed by atoms with Crippen LogP contribution in [0, 0.1) is 52.3 Å². The lowest BCUT2D eigenvalue weighted by molar-refractivity contribution is 0.173. The van der Waals surface area contributed by atoms with Gasteiger partial charge in [0.15, 0.2) is 0 Å². The summed E-state index contributed by atoms with van der Waals surface area (Å²) in [4.78, 5) is 0. The molecule has 0 spiro atoms. The van der Waals surface area contributed by atoms with Gasteiger partial charge >= 0.3 is 0 Å². The van der Waals surface area contributed by atoms with Crippen LogP contribution in [0.1, 0.15) is 117 Å². The van der Waals surface area contributed by atoms with Crippen LogP contribution in [0.25, 0.3) is 0 Å². The van der Waals surface area contributed by atoms with Gasteiger partial charge in [-0.3, -0.25) is 0 Å². The van der Waals surface area contributed by atoms with E-state index in [-0.39, 0.29) is 0 Å². The predicted molar refractivity (Wildman–Crippen MR) is 124 cm³/mol. The third kappa shape index (κ3) is 14.1. The molecule has 0 fully saturated rings. The average Bonchev–Trinajstić information content (AvgIpc) is 2.40. The fourth-order valence-corrected chi connectivity index (χ4v) is 4.23. The van der Waals surface area contributed by atoms with Crippen molar-refractivity contribution in [1.82, 2.24) is 0 Å². The second-order valence-electron chi connectivity index (χ2n) is 12.6. The van der Waals surface area contributed by atoms with E-state index in [9.17, 15) is 0 Å². The van der Waals surface area contributed by atoms with Crippen molar-refractivity contribution < 1.29 is 0 Å². The van der Waals surface area contributed by atoms with Gasteiger partial charge in [-0.15, -0.1) is 0 Å². The average molecular weight is 369 g/mol. The molecule has 0 aromatic heterocycles. The van der Waals surface area contributed by atoms with Gasteiger partial charge in [-0.1, -0.05) is 104 Å². The van der Waals surface area contributed by atoms with E-state index in [0.29, 0.717) is 10.8 Å². The molecule has 26 heavy (non-hydrogen) atoms. The summed E-state index contributed by atoms with van der Waals surface area (Å²) in [6.45, 7) is 35.3. The van der Waals surface area contributed by atoms with E-state index in [1.54, 1.807) is 0 Å². The molecule has 0 aliphatic carbocycles. The SMILES string of the molecule is CC(C)C(C)C(C)C(C)CC(C)(C)C.CC(C)C(CC(C)(C)C)C(C)C. The van der Waals surface area contributed by atoms with Crippen LogP contribution in [0.4, 0.5) is 0 Å². The zero-order valence-electron chi connectivity index (χ0n) is 21.5. The summed E-state index contributed by atoms with van der Waals surface area (Å²) in [5.74, 6) is 5.86. The van der Waals surface area contributed by atoms with Crippen LogP contribution in [-0.2, 0) is 0 Å². The summed E-state index contributed by atoms with van der Waals surface area (Å²) in [7, 11) is 0. The number of rotatable bonds is 7. The van der Waals surface area contributed by atoms with Gasteiger partial charge in [0.25, 0.3) is 0 Å². The van der Waals surface area contributed by atoms with Crippen molar-refractivity contribution in [2.45, 2.75) is 117 Å². The van der Waals surface area contributed by atoms with Crippen molar-refractivity contribution in [3.8, 4) is 0 Å². The first-order valence-corrected chi connectivity index (χ1v) is 11.4. The summed E-state index contributed by atoms with van der Waals surface area (Å²) in [6, 6.07) is 0. The van der Waals surface area contributed by atoms with Crippen molar-refractivity contribution in [2.24, 2.45) is 52.3 Å². The summed E-state index contributed by atoms with van der Waals surface area (Å²) >= 11 is 0. The standard InChI is InChI=1S/C14H30.C12H26/c1-10(2)12(4)13(5)11(3)9-14(6,7)8;1-9(2)11(10(3)4)8-12(5,6)7/h10-13H,9H2,1-8H3;9-11H,8H2,1-7H3. The Bertz CT molecular complexity index is 326. The molecule has 0 heterocycles. The summed E-state index contributed by atoms with van der Waals surface area (Å²) < 4.78 is 0. The lowest BCUT2D eigenvalue weighted by atomic mass is 9.73. The van der Waals surface area contributed by atoms with E-state index in [1.165, 1.54) is 12.8 Å². The first-order valence-electron chi connectivity index (χ1n) is 11.4. The van der Waals surface area contributed by atoms with E-state index in [0.717, 1.165) is 41.4 Å². The highest BCUT2D eigenvalue weighted by Crippen LogP contribution is 2.34. The highest BCUT2D eigenvalue weighted by atomic mass is 14.3. The smallest absolute Gasteiger partial charge is 0.0363 e. The number of hydrogen-bond donors (Lipinski definition) is 0. The van der Waals surface area contributed by atoms with Gasteiger partial charge in [0.1, 0.15) is 0 Å². The van der Waals surface area contributed by atoms with Gasteiger partial charge in [0.2, 0.25) is 0 Å². The monoisotopic (exact) mass is 368 g/mol. The van der Waals surface area contributed by atoms with Crippen LogP contribution in [0.3, 0.4) is 0 Å². The molecule has 0 saturated heterocycles. The third-order valence-electron chi connectivity index (χ3n) is 6.27. The number of hydrogen-bond acceptors (Lipinski definition) is 0. The van der Waals surface area contributed by atoms with Gasteiger partial charge in [0.05, 0.1) is 0 Å². The van der Waals surface area contributed by atoms with Crippen LogP contribution in [-0.4, -0.2) is 0 Å². The van der Waals surface area contributed by atoms with E-state index in [2.05, 4.69) is 104 Å². The van der Waals surface area contributed by atoms with Crippen molar-refractivity contribution >= 4 is 0 Å². The first-order chi connectivity index (χ1) is 11.4. The zero-order chi connectivity index (χ0) is 21.5. The maximum Gasteiger partial charge on any atom is -0.0363 e. The van der Waals surface area contributed by atoms with Gasteiger partial charge < -0.3 is 0 Å². The van der Waals surface area contributed by atoms with E-state index < -0.39 is 0 Å². The summed E-state index contributed by atoms with van der Waals surface area (Å²) in [5, 5.41) is 0. The lowest BCUT2D eigenvalue weighted by Crippen LogP contribution is -2.24. The topological polar surface area (TPSA) is 0 Å². The Morgan fingerprint density at radius 1 is 0.462 bits per heavy atom. The Kier molecular flexibility index (Phi) is 12.8. The minimum atomic E-state index is 0.477. The maximum absolute atomic E-state index is 2.42. The zero-order valence-corrected chi connectivity index (χ0v) is 21.5. The Balaban J connectivity index is 0. The van der Waals surface area contributed by atoms with Crippen LogP contribution >= 0.6 is 0 Å². The predicted octanol–water partition coefficient (Wildman–Crippen LogP) is 9.34. The van der Waals surface area contributed by atoms with Gasteiger partial charge in [-0.2, -0.15) is 0 Å². The molecule has 0 bridgehead atoms. The molecule has 0 heteroatoms. The maximum atomic E-state index is 2.42. The highest BCUT2D eigenvalue weighted by Gasteiger charge is 2.25. The lowest BCUT2D eigenvalue weighted by Gasteiger charge is -2.33. The van der Waals surface area contributed by atoms with Crippen LogP contribution in [0.15, 0.2) is 0 Å². The highest BCUT2D eigenvalue weighted by molar-refractivity contribution is 4.75.